The van der Waals surface area contributed by atoms with Crippen molar-refractivity contribution in [1.82, 2.24) is 9.97 Å². The van der Waals surface area contributed by atoms with Gasteiger partial charge in [0, 0.05) is 24.0 Å². The van der Waals surface area contributed by atoms with Crippen molar-refractivity contribution in [2.75, 3.05) is 0 Å². The van der Waals surface area contributed by atoms with Crippen LogP contribution in [0.4, 0.5) is 0 Å². The molecule has 204 valence electrons. The maximum atomic E-state index is 5.95. The SMILES string of the molecule is C1=CC2=C(CC1)CCc1c2ccc2cc(-c3ccc(OCc4ccccc4)cc3)ccc12.c1cnc2ccncc2c1. The van der Waals surface area contributed by atoms with Gasteiger partial charge in [-0.3, -0.25) is 9.97 Å². The quantitative estimate of drug-likeness (QED) is 0.222. The van der Waals surface area contributed by atoms with Gasteiger partial charge in [0.25, 0.3) is 0 Å². The van der Waals surface area contributed by atoms with Gasteiger partial charge in [0.2, 0.25) is 0 Å². The lowest BCUT2D eigenvalue weighted by Crippen LogP contribution is -2.07. The Balaban J connectivity index is 0.000000243. The van der Waals surface area contributed by atoms with Crippen LogP contribution in [0.15, 0.2) is 139 Å². The molecular formula is C39H32N2O. The Hall–Kier alpha value is -5.02. The molecule has 0 fully saturated rings. The molecule has 0 atom stereocenters. The predicted molar refractivity (Wildman–Crippen MR) is 173 cm³/mol. The fraction of sp³-hybridized carbons (Fsp3) is 0.128. The Morgan fingerprint density at radius 1 is 0.690 bits per heavy atom. The molecule has 4 aromatic carbocycles. The number of aryl methyl sites for hydroxylation is 1. The van der Waals surface area contributed by atoms with Crippen LogP contribution in [0.25, 0.3) is 38.4 Å². The molecule has 0 radical (unpaired) electrons. The number of rotatable bonds is 4. The second kappa shape index (κ2) is 11.8. The van der Waals surface area contributed by atoms with Gasteiger partial charge in [-0.2, -0.15) is 0 Å². The van der Waals surface area contributed by atoms with Gasteiger partial charge in [0.05, 0.1) is 5.52 Å². The fourth-order valence-electron chi connectivity index (χ4n) is 6.02. The largest absolute Gasteiger partial charge is 0.489 e. The molecule has 0 unspecified atom stereocenters. The number of ether oxygens (including phenoxy) is 1. The molecule has 2 aliphatic rings. The first kappa shape index (κ1) is 25.9. The molecule has 2 heterocycles. The van der Waals surface area contributed by atoms with Crippen LogP contribution in [0.1, 0.15) is 36.0 Å². The van der Waals surface area contributed by atoms with Gasteiger partial charge in [-0.05, 0) is 106 Å². The smallest absolute Gasteiger partial charge is 0.119 e. The van der Waals surface area contributed by atoms with Crippen molar-refractivity contribution in [3.63, 3.8) is 0 Å². The molecule has 0 saturated heterocycles. The zero-order valence-electron chi connectivity index (χ0n) is 23.5. The van der Waals surface area contributed by atoms with Crippen LogP contribution in [0.2, 0.25) is 0 Å². The molecule has 6 aromatic rings. The molecule has 3 heteroatoms. The molecule has 0 aliphatic heterocycles. The molecule has 42 heavy (non-hydrogen) atoms. The maximum Gasteiger partial charge on any atom is 0.119 e. The zero-order chi connectivity index (χ0) is 28.1. The first-order valence-electron chi connectivity index (χ1n) is 14.7. The molecule has 2 aromatic heterocycles. The topological polar surface area (TPSA) is 35.0 Å². The summed E-state index contributed by atoms with van der Waals surface area (Å²) in [6, 6.07) is 36.1. The second-order valence-corrected chi connectivity index (χ2v) is 10.9. The third-order valence-corrected chi connectivity index (χ3v) is 8.22. The highest BCUT2D eigenvalue weighted by Gasteiger charge is 2.20. The van der Waals surface area contributed by atoms with E-state index >= 15 is 0 Å². The number of allylic oxidation sites excluding steroid dienone is 4. The third kappa shape index (κ3) is 5.46. The van der Waals surface area contributed by atoms with E-state index in [1.165, 1.54) is 63.4 Å². The monoisotopic (exact) mass is 544 g/mol. The van der Waals surface area contributed by atoms with Crippen LogP contribution in [-0.2, 0) is 13.0 Å². The molecule has 2 aliphatic carbocycles. The van der Waals surface area contributed by atoms with E-state index in [0.29, 0.717) is 6.61 Å². The Morgan fingerprint density at radius 2 is 1.57 bits per heavy atom. The number of nitrogens with zero attached hydrogens (tertiary/aromatic N) is 2. The zero-order valence-corrected chi connectivity index (χ0v) is 23.5. The minimum absolute atomic E-state index is 0.592. The van der Waals surface area contributed by atoms with Crippen LogP contribution in [0.3, 0.4) is 0 Å². The van der Waals surface area contributed by atoms with Gasteiger partial charge in [0.1, 0.15) is 12.4 Å². The van der Waals surface area contributed by atoms with Crippen molar-refractivity contribution in [2.45, 2.75) is 32.3 Å². The van der Waals surface area contributed by atoms with E-state index < -0.39 is 0 Å². The molecule has 3 nitrogen and oxygen atoms in total. The molecular weight excluding hydrogens is 512 g/mol. The van der Waals surface area contributed by atoms with Crippen LogP contribution in [-0.4, -0.2) is 9.97 Å². The second-order valence-electron chi connectivity index (χ2n) is 10.9. The van der Waals surface area contributed by atoms with Crippen LogP contribution in [0.5, 0.6) is 5.75 Å². The van der Waals surface area contributed by atoms with E-state index in [1.54, 1.807) is 18.0 Å². The van der Waals surface area contributed by atoms with Crippen molar-refractivity contribution in [2.24, 2.45) is 0 Å². The summed E-state index contributed by atoms with van der Waals surface area (Å²) >= 11 is 0. The van der Waals surface area contributed by atoms with Crippen LogP contribution in [0, 0.1) is 0 Å². The molecule has 0 spiro atoms. The molecule has 0 N–H and O–H groups in total. The minimum atomic E-state index is 0.592. The number of benzene rings is 4. The highest BCUT2D eigenvalue weighted by Crippen LogP contribution is 2.40. The average Bonchev–Trinajstić information content (AvgIpc) is 3.08. The van der Waals surface area contributed by atoms with Crippen LogP contribution < -0.4 is 4.74 Å². The number of aromatic nitrogens is 2. The summed E-state index contributed by atoms with van der Waals surface area (Å²) < 4.78 is 5.95. The van der Waals surface area contributed by atoms with Gasteiger partial charge < -0.3 is 4.74 Å². The lowest BCUT2D eigenvalue weighted by Gasteiger charge is -2.25. The van der Waals surface area contributed by atoms with E-state index in [-0.39, 0.29) is 0 Å². The number of pyridine rings is 2. The summed E-state index contributed by atoms with van der Waals surface area (Å²) in [4.78, 5) is 8.11. The van der Waals surface area contributed by atoms with E-state index in [0.717, 1.165) is 23.1 Å². The highest BCUT2D eigenvalue weighted by atomic mass is 16.5. The van der Waals surface area contributed by atoms with Gasteiger partial charge in [-0.15, -0.1) is 0 Å². The Labute approximate surface area is 246 Å². The highest BCUT2D eigenvalue weighted by molar-refractivity contribution is 5.96. The summed E-state index contributed by atoms with van der Waals surface area (Å²) in [7, 11) is 0. The van der Waals surface area contributed by atoms with E-state index in [2.05, 4.69) is 88.9 Å². The van der Waals surface area contributed by atoms with Gasteiger partial charge in [-0.1, -0.05) is 84.5 Å². The maximum absolute atomic E-state index is 5.95. The standard InChI is InChI=1S/C31H26O.C8H6N2/c1-2-6-22(7-3-1)21-32-27-15-10-23(11-16-27)25-13-17-29-26(20-25)14-19-30-28-9-5-4-8-24(28)12-18-31(29)30;1-2-7-6-9-5-3-8(7)10-4-1/h1-3,5-7,9-11,13-17,19-20H,4,8,12,18,21H2;1-6H. The molecule has 0 amide bonds. The van der Waals surface area contributed by atoms with E-state index in [4.69, 9.17) is 4.74 Å². The first-order valence-corrected chi connectivity index (χ1v) is 14.7. The van der Waals surface area contributed by atoms with Crippen molar-refractivity contribution in [3.05, 3.63) is 156 Å². The molecule has 8 rings (SSSR count). The summed E-state index contributed by atoms with van der Waals surface area (Å²) in [6.07, 6.45) is 14.8. The fourth-order valence-corrected chi connectivity index (χ4v) is 6.02. The third-order valence-electron chi connectivity index (χ3n) is 8.22. The van der Waals surface area contributed by atoms with Crippen molar-refractivity contribution >= 4 is 27.2 Å². The number of hydrogen-bond donors (Lipinski definition) is 0. The Bertz CT molecular complexity index is 1860. The molecule has 0 saturated carbocycles. The summed E-state index contributed by atoms with van der Waals surface area (Å²) in [5.74, 6) is 0.900. The van der Waals surface area contributed by atoms with Gasteiger partial charge in [-0.25, -0.2) is 0 Å². The Kier molecular flexibility index (Phi) is 7.31. The minimum Gasteiger partial charge on any atom is -0.489 e. The normalized spacial score (nSPS) is 13.7. The summed E-state index contributed by atoms with van der Waals surface area (Å²) in [5.41, 5.74) is 10.7. The average molecular weight is 545 g/mol. The van der Waals surface area contributed by atoms with Crippen LogP contribution >= 0.6 is 0 Å². The molecule has 0 bridgehead atoms. The number of fused-ring (bicyclic) bond motifs is 5. The van der Waals surface area contributed by atoms with Gasteiger partial charge >= 0.3 is 0 Å². The van der Waals surface area contributed by atoms with Crippen molar-refractivity contribution in [3.8, 4) is 16.9 Å². The lowest BCUT2D eigenvalue weighted by molar-refractivity contribution is 0.306. The van der Waals surface area contributed by atoms with Crippen molar-refractivity contribution in [1.29, 1.82) is 0 Å². The first-order chi connectivity index (χ1) is 20.8. The van der Waals surface area contributed by atoms with E-state index in [1.807, 2.05) is 42.6 Å². The summed E-state index contributed by atoms with van der Waals surface area (Å²) in [6.45, 7) is 0.592. The predicted octanol–water partition coefficient (Wildman–Crippen LogP) is 9.77. The number of hydrogen-bond acceptors (Lipinski definition) is 3. The van der Waals surface area contributed by atoms with Crippen molar-refractivity contribution < 1.29 is 4.74 Å². The summed E-state index contributed by atoms with van der Waals surface area (Å²) in [5, 5.41) is 3.82. The van der Waals surface area contributed by atoms with E-state index in [9.17, 15) is 0 Å². The van der Waals surface area contributed by atoms with Gasteiger partial charge in [0.15, 0.2) is 0 Å². The lowest BCUT2D eigenvalue weighted by atomic mass is 9.79. The Morgan fingerprint density at radius 3 is 2.45 bits per heavy atom.